The smallest absolute Gasteiger partial charge is 0.237 e. The minimum absolute atomic E-state index is 0.0393. The van der Waals surface area contributed by atoms with Crippen molar-refractivity contribution in [3.05, 3.63) is 0 Å². The summed E-state index contributed by atoms with van der Waals surface area (Å²) in [6, 6.07) is -0.0732. The van der Waals surface area contributed by atoms with Crippen molar-refractivity contribution in [2.45, 2.75) is 52.0 Å². The second-order valence-corrected chi connectivity index (χ2v) is 7.38. The number of piperidine rings is 1. The van der Waals surface area contributed by atoms with E-state index in [9.17, 15) is 9.59 Å². The summed E-state index contributed by atoms with van der Waals surface area (Å²) < 4.78 is 5.33. The molecular formula is C17H31N3O3. The fraction of sp³-hybridized carbons (Fsp3) is 0.882. The number of nitrogens with zero attached hydrogens (tertiary/aromatic N) is 1. The third-order valence-electron chi connectivity index (χ3n) is 5.09. The Morgan fingerprint density at radius 2 is 2.00 bits per heavy atom. The van der Waals surface area contributed by atoms with Crippen molar-refractivity contribution in [3.8, 4) is 0 Å². The molecule has 0 saturated carbocycles. The lowest BCUT2D eigenvalue weighted by Gasteiger charge is -2.38. The first-order chi connectivity index (χ1) is 10.9. The van der Waals surface area contributed by atoms with Crippen LogP contribution in [-0.2, 0) is 14.3 Å². The standard InChI is InChI=1S/C17H31N3O3/c1-13(2)11-20-8-4-3-5-14(20)15(21)19-12-17(16(18)22)6-9-23-10-7-17/h13-14H,3-12H2,1-2H3,(H2,18,22)(H,19,21)/t14-/m0/s1. The zero-order valence-corrected chi connectivity index (χ0v) is 14.5. The van der Waals surface area contributed by atoms with E-state index in [2.05, 4.69) is 24.1 Å². The van der Waals surface area contributed by atoms with E-state index in [1.807, 2.05) is 0 Å². The molecule has 0 aromatic carbocycles. The summed E-state index contributed by atoms with van der Waals surface area (Å²) in [4.78, 5) is 26.8. The highest BCUT2D eigenvalue weighted by atomic mass is 16.5. The minimum atomic E-state index is -0.647. The predicted molar refractivity (Wildman–Crippen MR) is 88.7 cm³/mol. The van der Waals surface area contributed by atoms with Gasteiger partial charge in [-0.3, -0.25) is 14.5 Å². The average Bonchev–Trinajstić information content (AvgIpc) is 2.53. The molecule has 2 amide bonds. The lowest BCUT2D eigenvalue weighted by Crippen LogP contribution is -2.55. The van der Waals surface area contributed by atoms with E-state index in [-0.39, 0.29) is 17.9 Å². The van der Waals surface area contributed by atoms with Crippen LogP contribution in [-0.4, -0.2) is 55.6 Å². The summed E-state index contributed by atoms with van der Waals surface area (Å²) >= 11 is 0. The maximum atomic E-state index is 12.7. The summed E-state index contributed by atoms with van der Waals surface area (Å²) in [5.41, 5.74) is 4.96. The largest absolute Gasteiger partial charge is 0.381 e. The molecular weight excluding hydrogens is 294 g/mol. The van der Waals surface area contributed by atoms with Gasteiger partial charge < -0.3 is 15.8 Å². The van der Waals surface area contributed by atoms with Gasteiger partial charge in [0.25, 0.3) is 0 Å². The van der Waals surface area contributed by atoms with Gasteiger partial charge in [-0.2, -0.15) is 0 Å². The molecule has 3 N–H and O–H groups in total. The van der Waals surface area contributed by atoms with E-state index in [1.165, 1.54) is 0 Å². The van der Waals surface area contributed by atoms with E-state index < -0.39 is 5.41 Å². The quantitative estimate of drug-likeness (QED) is 0.760. The van der Waals surface area contributed by atoms with Gasteiger partial charge in [0.2, 0.25) is 11.8 Å². The fourth-order valence-electron chi connectivity index (χ4n) is 3.62. The Bertz CT molecular complexity index is 419. The van der Waals surface area contributed by atoms with Gasteiger partial charge >= 0.3 is 0 Å². The molecule has 0 aromatic heterocycles. The molecule has 2 aliphatic rings. The first-order valence-electron chi connectivity index (χ1n) is 8.84. The van der Waals surface area contributed by atoms with Crippen LogP contribution in [0.1, 0.15) is 46.0 Å². The highest BCUT2D eigenvalue weighted by molar-refractivity contribution is 5.84. The molecule has 23 heavy (non-hydrogen) atoms. The number of carbonyl (C=O) groups is 2. The fourth-order valence-corrected chi connectivity index (χ4v) is 3.62. The number of carbonyl (C=O) groups excluding carboxylic acids is 2. The maximum Gasteiger partial charge on any atom is 0.237 e. The molecule has 2 aliphatic heterocycles. The van der Waals surface area contributed by atoms with Crippen molar-refractivity contribution in [1.29, 1.82) is 0 Å². The Balaban J connectivity index is 1.95. The third-order valence-corrected chi connectivity index (χ3v) is 5.09. The molecule has 0 unspecified atom stereocenters. The number of hydrogen-bond donors (Lipinski definition) is 2. The number of ether oxygens (including phenoxy) is 1. The van der Waals surface area contributed by atoms with Crippen molar-refractivity contribution in [2.75, 3.05) is 32.8 Å². The van der Waals surface area contributed by atoms with Crippen LogP contribution in [0.4, 0.5) is 0 Å². The molecule has 0 radical (unpaired) electrons. The molecule has 132 valence electrons. The SMILES string of the molecule is CC(C)CN1CCCC[C@H]1C(=O)NCC1(C(N)=O)CCOCC1. The average molecular weight is 325 g/mol. The lowest BCUT2D eigenvalue weighted by atomic mass is 9.79. The molecule has 6 heteroatoms. The molecule has 2 saturated heterocycles. The Kier molecular flexibility index (Phi) is 6.41. The summed E-state index contributed by atoms with van der Waals surface area (Å²) in [6.07, 6.45) is 4.30. The zero-order chi connectivity index (χ0) is 16.9. The molecule has 0 spiro atoms. The topological polar surface area (TPSA) is 84.7 Å². The normalized spacial score (nSPS) is 25.3. The number of rotatable bonds is 6. The number of amides is 2. The van der Waals surface area contributed by atoms with Gasteiger partial charge in [0, 0.05) is 26.3 Å². The minimum Gasteiger partial charge on any atom is -0.381 e. The number of primary amides is 1. The van der Waals surface area contributed by atoms with E-state index in [4.69, 9.17) is 10.5 Å². The first-order valence-corrected chi connectivity index (χ1v) is 8.84. The highest BCUT2D eigenvalue weighted by Gasteiger charge is 2.39. The zero-order valence-electron chi connectivity index (χ0n) is 14.5. The van der Waals surface area contributed by atoms with Gasteiger partial charge in [0.05, 0.1) is 11.5 Å². The van der Waals surface area contributed by atoms with Crippen LogP contribution in [0, 0.1) is 11.3 Å². The number of nitrogens with one attached hydrogen (secondary N) is 1. The van der Waals surface area contributed by atoms with Crippen LogP contribution < -0.4 is 11.1 Å². The van der Waals surface area contributed by atoms with E-state index >= 15 is 0 Å². The van der Waals surface area contributed by atoms with E-state index in [1.54, 1.807) is 0 Å². The van der Waals surface area contributed by atoms with Crippen molar-refractivity contribution >= 4 is 11.8 Å². The number of likely N-dealkylation sites (tertiary alicyclic amines) is 1. The molecule has 0 bridgehead atoms. The number of nitrogens with two attached hydrogens (primary N) is 1. The van der Waals surface area contributed by atoms with Gasteiger partial charge in [-0.1, -0.05) is 20.3 Å². The number of hydrogen-bond acceptors (Lipinski definition) is 4. The molecule has 2 rings (SSSR count). The van der Waals surface area contributed by atoms with Crippen molar-refractivity contribution in [3.63, 3.8) is 0 Å². The summed E-state index contributed by atoms with van der Waals surface area (Å²) in [6.45, 7) is 7.65. The van der Waals surface area contributed by atoms with Crippen LogP contribution in [0.15, 0.2) is 0 Å². The summed E-state index contributed by atoms with van der Waals surface area (Å²) in [5.74, 6) is 0.247. The van der Waals surface area contributed by atoms with Crippen LogP contribution in [0.5, 0.6) is 0 Å². The first kappa shape index (κ1) is 18.2. The van der Waals surface area contributed by atoms with Gasteiger partial charge in [0.1, 0.15) is 0 Å². The van der Waals surface area contributed by atoms with E-state index in [0.29, 0.717) is 38.5 Å². The van der Waals surface area contributed by atoms with Crippen molar-refractivity contribution in [1.82, 2.24) is 10.2 Å². The van der Waals surface area contributed by atoms with Gasteiger partial charge in [-0.05, 0) is 38.1 Å². The second-order valence-electron chi connectivity index (χ2n) is 7.38. The van der Waals surface area contributed by atoms with Crippen molar-refractivity contribution in [2.24, 2.45) is 17.1 Å². The van der Waals surface area contributed by atoms with Crippen LogP contribution >= 0.6 is 0 Å². The van der Waals surface area contributed by atoms with E-state index in [0.717, 1.165) is 32.4 Å². The highest BCUT2D eigenvalue weighted by Crippen LogP contribution is 2.29. The Morgan fingerprint density at radius 1 is 1.30 bits per heavy atom. The monoisotopic (exact) mass is 325 g/mol. The molecule has 2 heterocycles. The Labute approximate surface area is 139 Å². The van der Waals surface area contributed by atoms with Crippen LogP contribution in [0.25, 0.3) is 0 Å². The van der Waals surface area contributed by atoms with Crippen LogP contribution in [0.2, 0.25) is 0 Å². The molecule has 2 fully saturated rings. The predicted octanol–water partition coefficient (Wildman–Crippen LogP) is 0.895. The van der Waals surface area contributed by atoms with Gasteiger partial charge in [0.15, 0.2) is 0 Å². The summed E-state index contributed by atoms with van der Waals surface area (Å²) in [5, 5.41) is 3.01. The van der Waals surface area contributed by atoms with Gasteiger partial charge in [-0.25, -0.2) is 0 Å². The summed E-state index contributed by atoms with van der Waals surface area (Å²) in [7, 11) is 0. The maximum absolute atomic E-state index is 12.7. The lowest BCUT2D eigenvalue weighted by molar-refractivity contribution is -0.135. The third kappa shape index (κ3) is 4.67. The molecule has 0 aromatic rings. The molecule has 1 atom stereocenters. The molecule has 0 aliphatic carbocycles. The second kappa shape index (κ2) is 8.11. The van der Waals surface area contributed by atoms with Crippen molar-refractivity contribution < 1.29 is 14.3 Å². The van der Waals surface area contributed by atoms with Gasteiger partial charge in [-0.15, -0.1) is 0 Å². The molecule has 6 nitrogen and oxygen atoms in total. The Morgan fingerprint density at radius 3 is 2.61 bits per heavy atom. The van der Waals surface area contributed by atoms with Crippen LogP contribution in [0.3, 0.4) is 0 Å². The Hall–Kier alpha value is -1.14.